The predicted octanol–water partition coefficient (Wildman–Crippen LogP) is 2.66. The summed E-state index contributed by atoms with van der Waals surface area (Å²) in [5.74, 6) is -2.46. The van der Waals surface area contributed by atoms with E-state index in [0.29, 0.717) is 18.7 Å². The van der Waals surface area contributed by atoms with E-state index in [9.17, 15) is 14.6 Å². The van der Waals surface area contributed by atoms with Crippen molar-refractivity contribution in [3.8, 4) is 5.75 Å². The summed E-state index contributed by atoms with van der Waals surface area (Å²) in [6, 6.07) is 11.8. The molecule has 2 aromatic rings. The first-order valence-electron chi connectivity index (χ1n) is 8.27. The van der Waals surface area contributed by atoms with Crippen LogP contribution in [0.2, 0.25) is 0 Å². The molecule has 1 heterocycles. The lowest BCUT2D eigenvalue weighted by Crippen LogP contribution is -2.51. The number of piperidine rings is 1. The minimum Gasteiger partial charge on any atom is -0.439 e. The summed E-state index contributed by atoms with van der Waals surface area (Å²) in [4.78, 5) is 2.03. The molecule has 1 aliphatic carbocycles. The topological polar surface area (TPSA) is 52.9 Å². The first-order chi connectivity index (χ1) is 11.5. The van der Waals surface area contributed by atoms with Crippen LogP contribution >= 0.6 is 0 Å². The quantitative estimate of drug-likeness (QED) is 0.723. The van der Waals surface area contributed by atoms with Gasteiger partial charge in [-0.05, 0) is 66.8 Å². The third-order valence-corrected chi connectivity index (χ3v) is 4.85. The highest BCUT2D eigenvalue weighted by molar-refractivity contribution is 5.49. The van der Waals surface area contributed by atoms with Crippen molar-refractivity contribution < 1.29 is 19.3 Å². The highest BCUT2D eigenvalue weighted by Crippen LogP contribution is 2.35. The fourth-order valence-electron chi connectivity index (χ4n) is 3.36. The number of halogens is 1. The average Bonchev–Trinajstić information content (AvgIpc) is 3.34. The van der Waals surface area contributed by atoms with Crippen LogP contribution in [0.25, 0.3) is 0 Å². The molecule has 2 aromatic carbocycles. The molecule has 0 amide bonds. The van der Waals surface area contributed by atoms with Crippen molar-refractivity contribution in [2.45, 2.75) is 25.2 Å². The molecule has 0 saturated carbocycles. The van der Waals surface area contributed by atoms with E-state index >= 15 is 0 Å². The second kappa shape index (κ2) is 5.76. The molecule has 1 fully saturated rings. The summed E-state index contributed by atoms with van der Waals surface area (Å²) in [6.07, 6.45) is 2.43. The van der Waals surface area contributed by atoms with Gasteiger partial charge < -0.3 is 19.8 Å². The van der Waals surface area contributed by atoms with E-state index in [4.69, 9.17) is 4.74 Å². The second-order valence-electron chi connectivity index (χ2n) is 6.63. The summed E-state index contributed by atoms with van der Waals surface area (Å²) < 4.78 is 18.6. The number of fused-ring (bicyclic) bond motifs is 1. The van der Waals surface area contributed by atoms with Crippen LogP contribution in [0, 0.1) is 11.7 Å². The maximum Gasteiger partial charge on any atom is 0.326 e. The first-order valence-corrected chi connectivity index (χ1v) is 8.27. The monoisotopic (exact) mass is 329 g/mol. The van der Waals surface area contributed by atoms with Gasteiger partial charge in [0.15, 0.2) is 0 Å². The molecule has 126 valence electrons. The maximum atomic E-state index is 13.1. The molecule has 0 aromatic heterocycles. The van der Waals surface area contributed by atoms with Gasteiger partial charge in [0.25, 0.3) is 0 Å². The molecule has 1 aliphatic heterocycles. The highest BCUT2D eigenvalue weighted by Gasteiger charge is 2.40. The largest absolute Gasteiger partial charge is 0.439 e. The Morgan fingerprint density at radius 1 is 1.08 bits per heavy atom. The van der Waals surface area contributed by atoms with Crippen LogP contribution in [0.5, 0.6) is 5.75 Å². The number of anilines is 1. The summed E-state index contributed by atoms with van der Waals surface area (Å²) >= 11 is 0. The van der Waals surface area contributed by atoms with Crippen molar-refractivity contribution in [2.75, 3.05) is 18.0 Å². The van der Waals surface area contributed by atoms with E-state index in [1.165, 1.54) is 23.3 Å². The Kier molecular flexibility index (Phi) is 3.70. The van der Waals surface area contributed by atoms with Gasteiger partial charge in [-0.15, -0.1) is 0 Å². The van der Waals surface area contributed by atoms with Crippen molar-refractivity contribution >= 4 is 5.69 Å². The molecule has 4 nitrogen and oxygen atoms in total. The van der Waals surface area contributed by atoms with Crippen molar-refractivity contribution in [1.82, 2.24) is 0 Å². The third kappa shape index (κ3) is 3.09. The van der Waals surface area contributed by atoms with Crippen molar-refractivity contribution in [3.63, 3.8) is 0 Å². The average molecular weight is 329 g/mol. The summed E-state index contributed by atoms with van der Waals surface area (Å²) in [5, 5.41) is 20.9. The standard InChI is InChI=1S/C19H20FNO3/c20-16-4-6-17(7-5-16)21-9-1-2-15(12-21)19(22,23)24-18-8-3-13-10-14(13)11-18/h3-8,11,15,22-23H,1-2,9-10,12H2. The van der Waals surface area contributed by atoms with Crippen molar-refractivity contribution in [3.05, 3.63) is 59.4 Å². The van der Waals surface area contributed by atoms with Gasteiger partial charge >= 0.3 is 5.97 Å². The fraction of sp³-hybridized carbons (Fsp3) is 0.368. The Morgan fingerprint density at radius 2 is 1.88 bits per heavy atom. The van der Waals surface area contributed by atoms with Crippen LogP contribution < -0.4 is 9.64 Å². The third-order valence-electron chi connectivity index (χ3n) is 4.85. The van der Waals surface area contributed by atoms with E-state index in [1.807, 2.05) is 17.0 Å². The van der Waals surface area contributed by atoms with Gasteiger partial charge in [-0.3, -0.25) is 0 Å². The van der Waals surface area contributed by atoms with Crippen molar-refractivity contribution in [1.29, 1.82) is 0 Å². The molecule has 5 heteroatoms. The van der Waals surface area contributed by atoms with Gasteiger partial charge in [0.05, 0.1) is 5.92 Å². The van der Waals surface area contributed by atoms with E-state index in [1.54, 1.807) is 18.2 Å². The molecule has 2 N–H and O–H groups in total. The van der Waals surface area contributed by atoms with E-state index in [0.717, 1.165) is 25.1 Å². The van der Waals surface area contributed by atoms with Crippen LogP contribution in [0.1, 0.15) is 24.0 Å². The Hall–Kier alpha value is -2.11. The molecule has 2 aliphatic rings. The molecular weight excluding hydrogens is 309 g/mol. The van der Waals surface area contributed by atoms with Gasteiger partial charge in [-0.1, -0.05) is 6.07 Å². The number of hydrogen-bond donors (Lipinski definition) is 2. The number of nitrogens with zero attached hydrogens (tertiary/aromatic N) is 1. The zero-order valence-electron chi connectivity index (χ0n) is 13.3. The lowest BCUT2D eigenvalue weighted by Gasteiger charge is -2.39. The van der Waals surface area contributed by atoms with Gasteiger partial charge in [-0.25, -0.2) is 4.39 Å². The normalized spacial score (nSPS) is 19.8. The number of aliphatic hydroxyl groups is 2. The van der Waals surface area contributed by atoms with Crippen LogP contribution in [0.3, 0.4) is 0 Å². The number of hydrogen-bond acceptors (Lipinski definition) is 4. The summed E-state index contributed by atoms with van der Waals surface area (Å²) in [6.45, 7) is 1.25. The number of benzene rings is 2. The lowest BCUT2D eigenvalue weighted by molar-refractivity contribution is -0.323. The van der Waals surface area contributed by atoms with Crippen LogP contribution in [0.4, 0.5) is 10.1 Å². The molecule has 4 rings (SSSR count). The molecule has 0 spiro atoms. The molecule has 0 bridgehead atoms. The molecule has 1 unspecified atom stereocenters. The first kappa shape index (κ1) is 15.4. The molecule has 1 saturated heterocycles. The van der Waals surface area contributed by atoms with Crippen LogP contribution in [0.15, 0.2) is 42.5 Å². The minimum atomic E-state index is -2.22. The Balaban J connectivity index is 1.47. The van der Waals surface area contributed by atoms with Gasteiger partial charge in [0.1, 0.15) is 11.6 Å². The SMILES string of the molecule is OC(O)(Oc1ccc2c(c1)C2)C1CCCN(c2ccc(F)cc2)C1. The van der Waals surface area contributed by atoms with E-state index < -0.39 is 11.9 Å². The number of rotatable bonds is 4. The molecule has 24 heavy (non-hydrogen) atoms. The zero-order valence-corrected chi connectivity index (χ0v) is 13.3. The summed E-state index contributed by atoms with van der Waals surface area (Å²) in [5.41, 5.74) is 3.35. The highest BCUT2D eigenvalue weighted by atomic mass is 19.1. The molecule has 0 radical (unpaired) electrons. The molecule has 1 atom stereocenters. The fourth-order valence-corrected chi connectivity index (χ4v) is 3.36. The van der Waals surface area contributed by atoms with Crippen molar-refractivity contribution in [2.24, 2.45) is 5.92 Å². The lowest BCUT2D eigenvalue weighted by atomic mass is 9.95. The van der Waals surface area contributed by atoms with Crippen LogP contribution in [-0.4, -0.2) is 29.3 Å². The van der Waals surface area contributed by atoms with Gasteiger partial charge in [-0.2, -0.15) is 0 Å². The maximum absolute atomic E-state index is 13.1. The predicted molar refractivity (Wildman–Crippen MR) is 88.4 cm³/mol. The Bertz CT molecular complexity index is 745. The zero-order chi connectivity index (χ0) is 16.7. The summed E-state index contributed by atoms with van der Waals surface area (Å²) in [7, 11) is 0. The van der Waals surface area contributed by atoms with Gasteiger partial charge in [0, 0.05) is 18.8 Å². The molecular formula is C19H20FNO3. The second-order valence-corrected chi connectivity index (χ2v) is 6.63. The van der Waals surface area contributed by atoms with E-state index in [-0.39, 0.29) is 5.82 Å². The smallest absolute Gasteiger partial charge is 0.326 e. The Labute approximate surface area is 140 Å². The van der Waals surface area contributed by atoms with Gasteiger partial charge in [0.2, 0.25) is 0 Å². The van der Waals surface area contributed by atoms with Crippen LogP contribution in [-0.2, 0) is 6.42 Å². The van der Waals surface area contributed by atoms with E-state index in [2.05, 4.69) is 0 Å². The Morgan fingerprint density at radius 3 is 2.62 bits per heavy atom. The number of ether oxygens (including phenoxy) is 1. The minimum absolute atomic E-state index is 0.279.